The molecular formula is C11H10Cl2N4O. The highest BCUT2D eigenvalue weighted by Gasteiger charge is 2.11. The Balaban J connectivity index is 2.12. The fourth-order valence-electron chi connectivity index (χ4n) is 1.45. The van der Waals surface area contributed by atoms with Gasteiger partial charge in [0.2, 0.25) is 5.91 Å². The van der Waals surface area contributed by atoms with E-state index >= 15 is 0 Å². The Morgan fingerprint density at radius 2 is 2.22 bits per heavy atom. The molecule has 0 aliphatic carbocycles. The van der Waals surface area contributed by atoms with E-state index in [1.165, 1.54) is 16.8 Å². The molecule has 2 aromatic rings. The molecule has 94 valence electrons. The molecule has 0 saturated carbocycles. The van der Waals surface area contributed by atoms with E-state index in [-0.39, 0.29) is 12.5 Å². The number of rotatable bonds is 3. The van der Waals surface area contributed by atoms with Crippen LogP contribution in [-0.4, -0.2) is 15.7 Å². The molecule has 0 unspecified atom stereocenters. The maximum absolute atomic E-state index is 11.8. The van der Waals surface area contributed by atoms with Gasteiger partial charge in [-0.15, -0.1) is 0 Å². The van der Waals surface area contributed by atoms with Gasteiger partial charge in [0.15, 0.2) is 0 Å². The molecule has 0 aliphatic heterocycles. The van der Waals surface area contributed by atoms with Crippen LogP contribution in [-0.2, 0) is 11.3 Å². The highest BCUT2D eigenvalue weighted by molar-refractivity contribution is 6.37. The molecule has 0 spiro atoms. The first-order chi connectivity index (χ1) is 8.56. The van der Waals surface area contributed by atoms with Crippen molar-refractivity contribution in [2.75, 3.05) is 11.1 Å². The Bertz CT molecular complexity index is 545. The lowest BCUT2D eigenvalue weighted by Crippen LogP contribution is -2.19. The van der Waals surface area contributed by atoms with E-state index in [0.29, 0.717) is 21.4 Å². The van der Waals surface area contributed by atoms with Crippen molar-refractivity contribution in [3.63, 3.8) is 0 Å². The van der Waals surface area contributed by atoms with Gasteiger partial charge in [0, 0.05) is 17.4 Å². The Kier molecular flexibility index (Phi) is 3.74. The third kappa shape index (κ3) is 2.94. The molecular weight excluding hydrogens is 275 g/mol. The summed E-state index contributed by atoms with van der Waals surface area (Å²) in [5.41, 5.74) is 6.42. The van der Waals surface area contributed by atoms with Gasteiger partial charge in [0.1, 0.15) is 6.54 Å². The van der Waals surface area contributed by atoms with Gasteiger partial charge in [-0.3, -0.25) is 9.48 Å². The standard InChI is InChI=1S/C11H10Cl2N4O/c12-7-4-8(13)11(9(14)5-7)16-10(18)6-17-3-1-2-15-17/h1-5H,6,14H2,(H,16,18). The van der Waals surface area contributed by atoms with Gasteiger partial charge in [0.25, 0.3) is 0 Å². The first kappa shape index (κ1) is 12.7. The third-order valence-corrected chi connectivity index (χ3v) is 2.73. The van der Waals surface area contributed by atoms with Crippen molar-refractivity contribution in [1.82, 2.24) is 9.78 Å². The normalized spacial score (nSPS) is 10.3. The molecule has 0 bridgehead atoms. The quantitative estimate of drug-likeness (QED) is 0.850. The zero-order chi connectivity index (χ0) is 13.1. The largest absolute Gasteiger partial charge is 0.397 e. The van der Waals surface area contributed by atoms with Crippen LogP contribution in [0.25, 0.3) is 0 Å². The number of amides is 1. The van der Waals surface area contributed by atoms with E-state index in [0.717, 1.165) is 0 Å². The van der Waals surface area contributed by atoms with Crippen LogP contribution in [0.5, 0.6) is 0 Å². The van der Waals surface area contributed by atoms with Crippen LogP contribution in [0.3, 0.4) is 0 Å². The number of benzene rings is 1. The second kappa shape index (κ2) is 5.29. The van der Waals surface area contributed by atoms with Crippen molar-refractivity contribution in [2.45, 2.75) is 6.54 Å². The second-order valence-corrected chi connectivity index (χ2v) is 4.45. The summed E-state index contributed by atoms with van der Waals surface area (Å²) in [4.78, 5) is 11.8. The summed E-state index contributed by atoms with van der Waals surface area (Å²) in [6, 6.07) is 4.77. The lowest BCUT2D eigenvalue weighted by atomic mass is 10.2. The van der Waals surface area contributed by atoms with Crippen LogP contribution in [0.15, 0.2) is 30.6 Å². The number of hydrogen-bond acceptors (Lipinski definition) is 3. The van der Waals surface area contributed by atoms with E-state index in [4.69, 9.17) is 28.9 Å². The maximum Gasteiger partial charge on any atom is 0.246 e. The van der Waals surface area contributed by atoms with Crippen molar-refractivity contribution >= 4 is 40.5 Å². The molecule has 0 atom stereocenters. The molecule has 0 fully saturated rings. The number of aromatic nitrogens is 2. The van der Waals surface area contributed by atoms with Gasteiger partial charge < -0.3 is 11.1 Å². The number of carbonyl (C=O) groups is 1. The van der Waals surface area contributed by atoms with Crippen molar-refractivity contribution in [1.29, 1.82) is 0 Å². The van der Waals surface area contributed by atoms with Crippen molar-refractivity contribution < 1.29 is 4.79 Å². The summed E-state index contributed by atoms with van der Waals surface area (Å²) < 4.78 is 1.50. The topological polar surface area (TPSA) is 72.9 Å². The number of nitrogens with one attached hydrogen (secondary N) is 1. The summed E-state index contributed by atoms with van der Waals surface area (Å²) in [6.45, 7) is 0.0887. The number of nitrogens with zero attached hydrogens (tertiary/aromatic N) is 2. The average molecular weight is 285 g/mol. The smallest absolute Gasteiger partial charge is 0.246 e. The van der Waals surface area contributed by atoms with Gasteiger partial charge in [-0.05, 0) is 18.2 Å². The average Bonchev–Trinajstić information content (AvgIpc) is 2.76. The van der Waals surface area contributed by atoms with Gasteiger partial charge in [-0.1, -0.05) is 23.2 Å². The van der Waals surface area contributed by atoms with Crippen molar-refractivity contribution in [3.8, 4) is 0 Å². The summed E-state index contributed by atoms with van der Waals surface area (Å²) in [7, 11) is 0. The van der Waals surface area contributed by atoms with Crippen molar-refractivity contribution in [2.24, 2.45) is 0 Å². The van der Waals surface area contributed by atoms with Gasteiger partial charge in [-0.2, -0.15) is 5.10 Å². The number of carbonyl (C=O) groups excluding carboxylic acids is 1. The summed E-state index contributed by atoms with van der Waals surface area (Å²) in [5.74, 6) is -0.269. The van der Waals surface area contributed by atoms with Crippen LogP contribution in [0.4, 0.5) is 11.4 Å². The lowest BCUT2D eigenvalue weighted by Gasteiger charge is -2.10. The zero-order valence-corrected chi connectivity index (χ0v) is 10.7. The fourth-order valence-corrected chi connectivity index (χ4v) is 2.00. The summed E-state index contributed by atoms with van der Waals surface area (Å²) >= 11 is 11.7. The molecule has 0 radical (unpaired) electrons. The van der Waals surface area contributed by atoms with Gasteiger partial charge in [-0.25, -0.2) is 0 Å². The molecule has 2 rings (SSSR count). The Morgan fingerprint density at radius 1 is 1.44 bits per heavy atom. The van der Waals surface area contributed by atoms with Crippen molar-refractivity contribution in [3.05, 3.63) is 40.6 Å². The Hall–Kier alpha value is -1.72. The molecule has 5 nitrogen and oxygen atoms in total. The number of halogens is 2. The van der Waals surface area contributed by atoms with E-state index in [1.54, 1.807) is 18.5 Å². The molecule has 1 amide bonds. The number of nitrogen functional groups attached to an aromatic ring is 1. The summed E-state index contributed by atoms with van der Waals surface area (Å²) in [5, 5.41) is 7.27. The van der Waals surface area contributed by atoms with Gasteiger partial charge >= 0.3 is 0 Å². The molecule has 0 aliphatic rings. The molecule has 0 saturated heterocycles. The number of hydrogen-bond donors (Lipinski definition) is 2. The minimum Gasteiger partial charge on any atom is -0.397 e. The second-order valence-electron chi connectivity index (χ2n) is 3.60. The van der Waals surface area contributed by atoms with Crippen LogP contribution in [0.2, 0.25) is 10.0 Å². The minimum atomic E-state index is -0.269. The minimum absolute atomic E-state index is 0.0887. The zero-order valence-electron chi connectivity index (χ0n) is 9.23. The molecule has 1 aromatic heterocycles. The molecule has 1 heterocycles. The van der Waals surface area contributed by atoms with E-state index in [9.17, 15) is 4.79 Å². The van der Waals surface area contributed by atoms with Crippen LogP contribution < -0.4 is 11.1 Å². The predicted octanol–water partition coefficient (Wildman–Crippen LogP) is 2.41. The SMILES string of the molecule is Nc1cc(Cl)cc(Cl)c1NC(=O)Cn1cccn1. The number of anilines is 2. The predicted molar refractivity (Wildman–Crippen MR) is 71.7 cm³/mol. The van der Waals surface area contributed by atoms with Crippen LogP contribution in [0.1, 0.15) is 0 Å². The van der Waals surface area contributed by atoms with E-state index in [2.05, 4.69) is 10.4 Å². The van der Waals surface area contributed by atoms with E-state index in [1.807, 2.05) is 0 Å². The first-order valence-corrected chi connectivity index (χ1v) is 5.83. The fraction of sp³-hybridized carbons (Fsp3) is 0.0909. The van der Waals surface area contributed by atoms with Crippen LogP contribution in [0, 0.1) is 0 Å². The first-order valence-electron chi connectivity index (χ1n) is 5.08. The highest BCUT2D eigenvalue weighted by Crippen LogP contribution is 2.31. The number of nitrogens with two attached hydrogens (primary N) is 1. The Morgan fingerprint density at radius 3 is 2.83 bits per heavy atom. The highest BCUT2D eigenvalue weighted by atomic mass is 35.5. The third-order valence-electron chi connectivity index (χ3n) is 2.21. The van der Waals surface area contributed by atoms with Crippen LogP contribution >= 0.6 is 23.2 Å². The lowest BCUT2D eigenvalue weighted by molar-refractivity contribution is -0.116. The van der Waals surface area contributed by atoms with Gasteiger partial charge in [0.05, 0.1) is 16.4 Å². The molecule has 18 heavy (non-hydrogen) atoms. The monoisotopic (exact) mass is 284 g/mol. The summed E-state index contributed by atoms with van der Waals surface area (Å²) in [6.07, 6.45) is 3.28. The molecule has 3 N–H and O–H groups in total. The Labute approximate surface area is 113 Å². The molecule has 1 aromatic carbocycles. The maximum atomic E-state index is 11.8. The van der Waals surface area contributed by atoms with E-state index < -0.39 is 0 Å². The molecule has 7 heteroatoms.